The van der Waals surface area contributed by atoms with Crippen molar-refractivity contribution in [2.75, 3.05) is 19.6 Å². The molecule has 0 spiro atoms. The molecule has 1 N–H and O–H groups in total. The van der Waals surface area contributed by atoms with Gasteiger partial charge in [0.2, 0.25) is 5.91 Å². The van der Waals surface area contributed by atoms with Crippen LogP contribution in [0.3, 0.4) is 0 Å². The highest BCUT2D eigenvalue weighted by Crippen LogP contribution is 2.24. The quantitative estimate of drug-likeness (QED) is 0.733. The van der Waals surface area contributed by atoms with Gasteiger partial charge in [-0.05, 0) is 19.8 Å². The first kappa shape index (κ1) is 14.8. The maximum absolute atomic E-state index is 12.3. The number of amides is 1. The lowest BCUT2D eigenvalue weighted by molar-refractivity contribution is -0.137. The fourth-order valence-corrected chi connectivity index (χ4v) is 2.92. The van der Waals surface area contributed by atoms with E-state index in [0.29, 0.717) is 17.9 Å². The summed E-state index contributed by atoms with van der Waals surface area (Å²) in [6.45, 7) is 4.92. The van der Waals surface area contributed by atoms with Gasteiger partial charge in [-0.2, -0.15) is 0 Å². The lowest BCUT2D eigenvalue weighted by Crippen LogP contribution is -2.52. The third-order valence-corrected chi connectivity index (χ3v) is 3.88. The van der Waals surface area contributed by atoms with Crippen LogP contribution in [0.25, 0.3) is 0 Å². The van der Waals surface area contributed by atoms with E-state index in [0.717, 1.165) is 32.5 Å². The normalized spacial score (nSPS) is 27.1. The number of nitrogens with zero attached hydrogens (tertiary/aromatic N) is 1. The Morgan fingerprint density at radius 1 is 1.18 bits per heavy atom. The molecule has 1 aliphatic carbocycles. The van der Waals surface area contributed by atoms with Crippen molar-refractivity contribution in [1.82, 2.24) is 10.2 Å². The van der Waals surface area contributed by atoms with Gasteiger partial charge in [0.1, 0.15) is 0 Å². The van der Waals surface area contributed by atoms with Crippen LogP contribution in [-0.4, -0.2) is 36.5 Å². The van der Waals surface area contributed by atoms with E-state index in [1.807, 2.05) is 0 Å². The fraction of sp³-hybridized carbons (Fsp3) is 0.923. The number of carbonyl (C=O) groups is 1. The highest BCUT2D eigenvalue weighted by molar-refractivity contribution is 5.85. The van der Waals surface area contributed by atoms with Crippen molar-refractivity contribution < 1.29 is 4.79 Å². The summed E-state index contributed by atoms with van der Waals surface area (Å²) in [4.78, 5) is 14.4. The highest BCUT2D eigenvalue weighted by atomic mass is 35.5. The monoisotopic (exact) mass is 260 g/mol. The van der Waals surface area contributed by atoms with Crippen LogP contribution in [0.2, 0.25) is 0 Å². The van der Waals surface area contributed by atoms with Crippen LogP contribution in [0.1, 0.15) is 45.4 Å². The summed E-state index contributed by atoms with van der Waals surface area (Å²) in [6, 6.07) is 0.462. The summed E-state index contributed by atoms with van der Waals surface area (Å²) in [5.41, 5.74) is 0. The number of carbonyl (C=O) groups excluding carboxylic acids is 1. The van der Waals surface area contributed by atoms with E-state index in [9.17, 15) is 4.79 Å². The molecule has 3 nitrogen and oxygen atoms in total. The molecule has 0 unspecified atom stereocenters. The molecule has 1 heterocycles. The van der Waals surface area contributed by atoms with Crippen LogP contribution >= 0.6 is 12.4 Å². The average molecular weight is 261 g/mol. The van der Waals surface area contributed by atoms with Crippen molar-refractivity contribution in [3.05, 3.63) is 0 Å². The number of hydrogen-bond donors (Lipinski definition) is 1. The number of hydrogen-bond acceptors (Lipinski definition) is 2. The van der Waals surface area contributed by atoms with Crippen molar-refractivity contribution in [2.24, 2.45) is 5.92 Å². The van der Waals surface area contributed by atoms with Gasteiger partial charge in [-0.1, -0.05) is 25.7 Å². The van der Waals surface area contributed by atoms with Gasteiger partial charge >= 0.3 is 0 Å². The van der Waals surface area contributed by atoms with Crippen LogP contribution in [0.4, 0.5) is 0 Å². The van der Waals surface area contributed by atoms with Crippen LogP contribution in [0.15, 0.2) is 0 Å². The van der Waals surface area contributed by atoms with Crippen molar-refractivity contribution in [2.45, 2.75) is 51.5 Å². The number of nitrogens with one attached hydrogen (secondary N) is 1. The Hall–Kier alpha value is -0.280. The third-order valence-electron chi connectivity index (χ3n) is 3.88. The Morgan fingerprint density at radius 2 is 1.82 bits per heavy atom. The Kier molecular flexibility index (Phi) is 6.28. The third kappa shape index (κ3) is 4.14. The predicted molar refractivity (Wildman–Crippen MR) is 72.5 cm³/mol. The minimum absolute atomic E-state index is 0. The second-order valence-corrected chi connectivity index (χ2v) is 5.33. The van der Waals surface area contributed by atoms with E-state index in [-0.39, 0.29) is 12.4 Å². The van der Waals surface area contributed by atoms with E-state index < -0.39 is 0 Å². The van der Waals surface area contributed by atoms with E-state index in [1.165, 1.54) is 25.7 Å². The van der Waals surface area contributed by atoms with Crippen LogP contribution in [0.5, 0.6) is 0 Å². The molecule has 100 valence electrons. The maximum atomic E-state index is 12.3. The molecule has 2 aliphatic rings. The first-order valence-electron chi connectivity index (χ1n) is 6.79. The lowest BCUT2D eigenvalue weighted by atomic mass is 9.98. The van der Waals surface area contributed by atoms with Crippen molar-refractivity contribution in [1.29, 1.82) is 0 Å². The smallest absolute Gasteiger partial charge is 0.225 e. The predicted octanol–water partition coefficient (Wildman–Crippen LogP) is 2.20. The van der Waals surface area contributed by atoms with Crippen molar-refractivity contribution in [3.63, 3.8) is 0 Å². The molecular weight excluding hydrogens is 236 g/mol. The largest absolute Gasteiger partial charge is 0.340 e. The lowest BCUT2D eigenvalue weighted by Gasteiger charge is -2.34. The zero-order valence-corrected chi connectivity index (χ0v) is 11.6. The summed E-state index contributed by atoms with van der Waals surface area (Å²) in [5, 5.41) is 3.39. The van der Waals surface area contributed by atoms with Gasteiger partial charge in [-0.15, -0.1) is 12.4 Å². The van der Waals surface area contributed by atoms with Gasteiger partial charge in [0, 0.05) is 31.6 Å². The SMILES string of the molecule is C[C@@H]1CN(C(=O)C2CCCCCC2)CCN1.Cl. The van der Waals surface area contributed by atoms with Gasteiger partial charge in [0.05, 0.1) is 0 Å². The number of halogens is 1. The Bertz CT molecular complexity index is 236. The van der Waals surface area contributed by atoms with Gasteiger partial charge in [0.25, 0.3) is 0 Å². The van der Waals surface area contributed by atoms with Gasteiger partial charge in [-0.25, -0.2) is 0 Å². The molecular formula is C13H25ClN2O. The molecule has 0 aromatic carbocycles. The summed E-state index contributed by atoms with van der Waals surface area (Å²) < 4.78 is 0. The molecule has 1 saturated heterocycles. The molecule has 0 radical (unpaired) electrons. The van der Waals surface area contributed by atoms with E-state index in [1.54, 1.807) is 0 Å². The van der Waals surface area contributed by atoms with Crippen molar-refractivity contribution in [3.8, 4) is 0 Å². The molecule has 2 rings (SSSR count). The molecule has 1 aliphatic heterocycles. The first-order chi connectivity index (χ1) is 7.77. The second-order valence-electron chi connectivity index (χ2n) is 5.33. The summed E-state index contributed by atoms with van der Waals surface area (Å²) in [6.07, 6.45) is 7.38. The molecule has 1 atom stereocenters. The Balaban J connectivity index is 0.00000144. The van der Waals surface area contributed by atoms with Crippen LogP contribution in [0, 0.1) is 5.92 Å². The molecule has 0 bridgehead atoms. The van der Waals surface area contributed by atoms with Gasteiger partial charge in [0.15, 0.2) is 0 Å². The zero-order valence-electron chi connectivity index (χ0n) is 10.8. The zero-order chi connectivity index (χ0) is 11.4. The highest BCUT2D eigenvalue weighted by Gasteiger charge is 2.27. The fourth-order valence-electron chi connectivity index (χ4n) is 2.92. The Labute approximate surface area is 111 Å². The summed E-state index contributed by atoms with van der Waals surface area (Å²) in [5.74, 6) is 0.753. The molecule has 2 fully saturated rings. The first-order valence-corrected chi connectivity index (χ1v) is 6.79. The van der Waals surface area contributed by atoms with Crippen molar-refractivity contribution >= 4 is 18.3 Å². The van der Waals surface area contributed by atoms with Gasteiger partial charge < -0.3 is 10.2 Å². The molecule has 1 amide bonds. The standard InChI is InChI=1S/C13H24N2O.ClH/c1-11-10-15(9-8-14-11)13(16)12-6-4-2-3-5-7-12;/h11-12,14H,2-10H2,1H3;1H/t11-;/m1./s1. The van der Waals surface area contributed by atoms with E-state index in [2.05, 4.69) is 17.1 Å². The minimum Gasteiger partial charge on any atom is -0.340 e. The minimum atomic E-state index is 0. The Morgan fingerprint density at radius 3 is 2.41 bits per heavy atom. The number of piperazine rings is 1. The topological polar surface area (TPSA) is 32.3 Å². The molecule has 17 heavy (non-hydrogen) atoms. The second kappa shape index (κ2) is 7.22. The molecule has 1 saturated carbocycles. The molecule has 0 aromatic heterocycles. The maximum Gasteiger partial charge on any atom is 0.225 e. The summed E-state index contributed by atoms with van der Waals surface area (Å²) in [7, 11) is 0. The van der Waals surface area contributed by atoms with Crippen LogP contribution in [-0.2, 0) is 4.79 Å². The molecule has 4 heteroatoms. The summed E-state index contributed by atoms with van der Waals surface area (Å²) >= 11 is 0. The van der Waals surface area contributed by atoms with Crippen LogP contribution < -0.4 is 5.32 Å². The van der Waals surface area contributed by atoms with E-state index in [4.69, 9.17) is 0 Å². The van der Waals surface area contributed by atoms with Gasteiger partial charge in [-0.3, -0.25) is 4.79 Å². The molecule has 0 aromatic rings. The van der Waals surface area contributed by atoms with E-state index >= 15 is 0 Å². The average Bonchev–Trinajstić information content (AvgIpc) is 2.56. The number of rotatable bonds is 1.